The Morgan fingerprint density at radius 1 is 1.14 bits per heavy atom. The Hall–Kier alpha value is -1.04. The van der Waals surface area contributed by atoms with E-state index in [0.717, 1.165) is 11.3 Å². The van der Waals surface area contributed by atoms with E-state index >= 15 is 0 Å². The van der Waals surface area contributed by atoms with Crippen molar-refractivity contribution in [3.05, 3.63) is 56.5 Å². The molecule has 3 nitrogen and oxygen atoms in total. The Kier molecular flexibility index (Phi) is 5.67. The van der Waals surface area contributed by atoms with E-state index in [4.69, 9.17) is 4.74 Å². The third-order valence-electron chi connectivity index (χ3n) is 3.30. The summed E-state index contributed by atoms with van der Waals surface area (Å²) >= 11 is 6.69. The lowest BCUT2D eigenvalue weighted by molar-refractivity contribution is 0.414. The summed E-state index contributed by atoms with van der Waals surface area (Å²) in [5, 5.41) is 13.2. The number of ether oxygens (including phenoxy) is 1. The molecule has 0 fully saturated rings. The molecule has 2 aromatic carbocycles. The van der Waals surface area contributed by atoms with Crippen LogP contribution in [0.3, 0.4) is 0 Å². The maximum absolute atomic E-state index is 9.71. The van der Waals surface area contributed by atoms with Crippen molar-refractivity contribution in [3.63, 3.8) is 0 Å². The largest absolute Gasteiger partial charge is 0.506 e. The Morgan fingerprint density at radius 2 is 1.71 bits per heavy atom. The van der Waals surface area contributed by atoms with Gasteiger partial charge in [0.15, 0.2) is 0 Å². The summed E-state index contributed by atoms with van der Waals surface area (Å²) in [5.74, 6) is 1.08. The van der Waals surface area contributed by atoms with Gasteiger partial charge in [-0.05, 0) is 74.2 Å². The summed E-state index contributed by atoms with van der Waals surface area (Å²) in [7, 11) is 1.66. The molecular weight excluding hydrogens is 398 g/mol. The molecule has 0 radical (unpaired) electrons. The Balaban J connectivity index is 2.01. The van der Waals surface area contributed by atoms with Gasteiger partial charge in [0, 0.05) is 12.6 Å². The third kappa shape index (κ3) is 4.22. The number of aromatic hydroxyl groups is 1. The molecule has 0 aliphatic carbocycles. The molecule has 2 N–H and O–H groups in total. The van der Waals surface area contributed by atoms with E-state index in [9.17, 15) is 5.11 Å². The predicted molar refractivity (Wildman–Crippen MR) is 91.8 cm³/mol. The van der Waals surface area contributed by atoms with E-state index < -0.39 is 0 Å². The van der Waals surface area contributed by atoms with E-state index in [-0.39, 0.29) is 11.8 Å². The summed E-state index contributed by atoms with van der Waals surface area (Å²) in [6.07, 6.45) is 0. The van der Waals surface area contributed by atoms with E-state index in [2.05, 4.69) is 56.2 Å². The average Bonchev–Trinajstić information content (AvgIpc) is 2.50. The molecule has 5 heteroatoms. The van der Waals surface area contributed by atoms with Crippen LogP contribution in [0.5, 0.6) is 11.5 Å². The topological polar surface area (TPSA) is 41.5 Å². The molecule has 0 bridgehead atoms. The van der Waals surface area contributed by atoms with Gasteiger partial charge < -0.3 is 15.2 Å². The van der Waals surface area contributed by atoms with Crippen molar-refractivity contribution < 1.29 is 9.84 Å². The molecule has 112 valence electrons. The number of phenolic OH excluding ortho intramolecular Hbond substituents is 1. The number of benzene rings is 2. The Labute approximate surface area is 141 Å². The van der Waals surface area contributed by atoms with Gasteiger partial charge in [0.25, 0.3) is 0 Å². The maximum Gasteiger partial charge on any atom is 0.143 e. The minimum atomic E-state index is 0.224. The van der Waals surface area contributed by atoms with E-state index in [1.807, 2.05) is 24.3 Å². The van der Waals surface area contributed by atoms with Gasteiger partial charge in [-0.25, -0.2) is 0 Å². The quantitative estimate of drug-likeness (QED) is 0.739. The average molecular weight is 415 g/mol. The monoisotopic (exact) mass is 413 g/mol. The summed E-state index contributed by atoms with van der Waals surface area (Å²) in [6.45, 7) is 2.83. The van der Waals surface area contributed by atoms with Gasteiger partial charge in [0.05, 0.1) is 16.1 Å². The van der Waals surface area contributed by atoms with Crippen LogP contribution in [0, 0.1) is 0 Å². The lowest BCUT2D eigenvalue weighted by Crippen LogP contribution is -2.18. The first-order valence-electron chi connectivity index (χ1n) is 6.55. The molecule has 0 aromatic heterocycles. The molecule has 0 saturated heterocycles. The van der Waals surface area contributed by atoms with Crippen LogP contribution in [0.1, 0.15) is 24.1 Å². The summed E-state index contributed by atoms with van der Waals surface area (Å²) in [4.78, 5) is 0. The molecule has 0 saturated carbocycles. The number of hydrogen-bond donors (Lipinski definition) is 2. The summed E-state index contributed by atoms with van der Waals surface area (Å²) in [6, 6.07) is 12.1. The zero-order valence-corrected chi connectivity index (χ0v) is 15.0. The standard InChI is InChI=1S/C16H17Br2NO2/c1-10(12-3-5-13(21-2)6-4-12)19-9-11-7-14(17)16(20)15(18)8-11/h3-8,10,19-20H,9H2,1-2H3. The fraction of sp³-hybridized carbons (Fsp3) is 0.250. The molecule has 2 rings (SSSR count). The van der Waals surface area contributed by atoms with Crippen molar-refractivity contribution in [2.24, 2.45) is 0 Å². The van der Waals surface area contributed by atoms with Crippen molar-refractivity contribution in [1.82, 2.24) is 5.32 Å². The van der Waals surface area contributed by atoms with Gasteiger partial charge in [0.1, 0.15) is 11.5 Å². The van der Waals surface area contributed by atoms with E-state index in [0.29, 0.717) is 15.5 Å². The molecule has 0 amide bonds. The van der Waals surface area contributed by atoms with Gasteiger partial charge in [-0.15, -0.1) is 0 Å². The number of halogens is 2. The number of phenols is 1. The number of hydrogen-bond acceptors (Lipinski definition) is 3. The Bertz CT molecular complexity index is 591. The molecule has 1 atom stereocenters. The van der Waals surface area contributed by atoms with Crippen LogP contribution in [-0.2, 0) is 6.54 Å². The summed E-state index contributed by atoms with van der Waals surface area (Å²) in [5.41, 5.74) is 2.29. The van der Waals surface area contributed by atoms with Crippen LogP contribution in [0.4, 0.5) is 0 Å². The van der Waals surface area contributed by atoms with Gasteiger partial charge >= 0.3 is 0 Å². The van der Waals surface area contributed by atoms with Gasteiger partial charge in [0.2, 0.25) is 0 Å². The lowest BCUT2D eigenvalue weighted by Gasteiger charge is -2.15. The second kappa shape index (κ2) is 7.29. The van der Waals surface area contributed by atoms with Crippen LogP contribution in [0.2, 0.25) is 0 Å². The van der Waals surface area contributed by atoms with Crippen LogP contribution in [0.15, 0.2) is 45.3 Å². The maximum atomic E-state index is 9.71. The number of rotatable bonds is 5. The van der Waals surface area contributed by atoms with Crippen molar-refractivity contribution in [2.75, 3.05) is 7.11 Å². The van der Waals surface area contributed by atoms with Crippen molar-refractivity contribution in [1.29, 1.82) is 0 Å². The van der Waals surface area contributed by atoms with Gasteiger partial charge in [-0.2, -0.15) is 0 Å². The number of methoxy groups -OCH3 is 1. The molecule has 2 aromatic rings. The van der Waals surface area contributed by atoms with E-state index in [1.165, 1.54) is 5.56 Å². The van der Waals surface area contributed by atoms with Crippen LogP contribution in [-0.4, -0.2) is 12.2 Å². The molecule has 1 unspecified atom stereocenters. The predicted octanol–water partition coefficient (Wildman–Crippen LogP) is 4.78. The van der Waals surface area contributed by atoms with Crippen molar-refractivity contribution >= 4 is 31.9 Å². The highest BCUT2D eigenvalue weighted by molar-refractivity contribution is 9.11. The lowest BCUT2D eigenvalue weighted by atomic mass is 10.1. The highest BCUT2D eigenvalue weighted by Gasteiger charge is 2.08. The van der Waals surface area contributed by atoms with E-state index in [1.54, 1.807) is 7.11 Å². The first-order chi connectivity index (χ1) is 10.0. The van der Waals surface area contributed by atoms with Crippen LogP contribution in [0.25, 0.3) is 0 Å². The molecule has 21 heavy (non-hydrogen) atoms. The smallest absolute Gasteiger partial charge is 0.143 e. The van der Waals surface area contributed by atoms with Crippen LogP contribution < -0.4 is 10.1 Å². The zero-order valence-electron chi connectivity index (χ0n) is 11.9. The minimum Gasteiger partial charge on any atom is -0.506 e. The minimum absolute atomic E-state index is 0.224. The normalized spacial score (nSPS) is 12.2. The molecule has 0 aliphatic heterocycles. The SMILES string of the molecule is COc1ccc(C(C)NCc2cc(Br)c(O)c(Br)c2)cc1. The molecule has 0 spiro atoms. The highest BCUT2D eigenvalue weighted by Crippen LogP contribution is 2.33. The van der Waals surface area contributed by atoms with Crippen LogP contribution >= 0.6 is 31.9 Å². The van der Waals surface area contributed by atoms with Crippen molar-refractivity contribution in [2.45, 2.75) is 19.5 Å². The molecular formula is C16H17Br2NO2. The fourth-order valence-corrected chi connectivity index (χ4v) is 3.28. The molecule has 0 heterocycles. The molecule has 0 aliphatic rings. The Morgan fingerprint density at radius 3 is 2.24 bits per heavy atom. The van der Waals surface area contributed by atoms with Gasteiger partial charge in [-0.3, -0.25) is 0 Å². The number of nitrogens with one attached hydrogen (secondary N) is 1. The van der Waals surface area contributed by atoms with Crippen molar-refractivity contribution in [3.8, 4) is 11.5 Å². The highest BCUT2D eigenvalue weighted by atomic mass is 79.9. The first-order valence-corrected chi connectivity index (χ1v) is 8.14. The van der Waals surface area contributed by atoms with Gasteiger partial charge in [-0.1, -0.05) is 12.1 Å². The fourth-order valence-electron chi connectivity index (χ4n) is 2.00. The second-order valence-electron chi connectivity index (χ2n) is 4.78. The first kappa shape index (κ1) is 16.3. The zero-order chi connectivity index (χ0) is 15.4. The third-order valence-corrected chi connectivity index (χ3v) is 4.51. The second-order valence-corrected chi connectivity index (χ2v) is 6.49. The summed E-state index contributed by atoms with van der Waals surface area (Å²) < 4.78 is 6.53.